The first-order valence-corrected chi connectivity index (χ1v) is 16.9. The Bertz CT molecular complexity index is 1980. The lowest BCUT2D eigenvalue weighted by Gasteiger charge is -2.46. The van der Waals surface area contributed by atoms with E-state index in [0.717, 1.165) is 34.7 Å². The highest BCUT2D eigenvalue weighted by Crippen LogP contribution is 2.57. The SMILES string of the molecule is CCc1cc(OC)cc2c1C(C)(C)C1(C=Nc3c(cc(C(C)=O)c4cc(S(C)(=O)=O)c(C)cc34)O1)N2CCOc1ccccc1. The van der Waals surface area contributed by atoms with Crippen LogP contribution in [0.4, 0.5) is 11.4 Å². The molecule has 0 N–H and O–H groups in total. The van der Waals surface area contributed by atoms with Gasteiger partial charge in [0.05, 0.1) is 30.2 Å². The molecule has 1 unspecified atom stereocenters. The van der Waals surface area contributed by atoms with E-state index in [1.54, 1.807) is 32.2 Å². The quantitative estimate of drug-likeness (QED) is 0.195. The molecular formula is C36H38N2O6S. The lowest BCUT2D eigenvalue weighted by molar-refractivity contribution is 0.0745. The van der Waals surface area contributed by atoms with Crippen LogP contribution in [0.25, 0.3) is 10.8 Å². The van der Waals surface area contributed by atoms with Crippen molar-refractivity contribution in [1.82, 2.24) is 0 Å². The van der Waals surface area contributed by atoms with Crippen molar-refractivity contribution in [3.8, 4) is 17.2 Å². The fraction of sp³-hybridized carbons (Fsp3) is 0.333. The van der Waals surface area contributed by atoms with Gasteiger partial charge in [-0.1, -0.05) is 25.1 Å². The number of hydrogen-bond acceptors (Lipinski definition) is 8. The minimum Gasteiger partial charge on any atom is -0.497 e. The van der Waals surface area contributed by atoms with Gasteiger partial charge in [0.15, 0.2) is 15.6 Å². The van der Waals surface area contributed by atoms with Gasteiger partial charge in [-0.3, -0.25) is 9.79 Å². The van der Waals surface area contributed by atoms with E-state index in [1.165, 1.54) is 13.2 Å². The van der Waals surface area contributed by atoms with Gasteiger partial charge in [0.25, 0.3) is 0 Å². The Morgan fingerprint density at radius 2 is 1.76 bits per heavy atom. The zero-order valence-electron chi connectivity index (χ0n) is 26.7. The van der Waals surface area contributed by atoms with Crippen LogP contribution < -0.4 is 19.1 Å². The molecule has 0 aromatic heterocycles. The monoisotopic (exact) mass is 626 g/mol. The molecule has 9 heteroatoms. The fourth-order valence-corrected chi connectivity index (χ4v) is 7.90. The van der Waals surface area contributed by atoms with E-state index in [-0.39, 0.29) is 10.7 Å². The lowest BCUT2D eigenvalue weighted by Crippen LogP contribution is -2.63. The molecule has 1 spiro atoms. The number of ether oxygens (including phenoxy) is 3. The Morgan fingerprint density at radius 3 is 2.40 bits per heavy atom. The fourth-order valence-electron chi connectivity index (χ4n) is 6.92. The summed E-state index contributed by atoms with van der Waals surface area (Å²) in [6.45, 7) is 10.5. The molecule has 8 nitrogen and oxygen atoms in total. The van der Waals surface area contributed by atoms with Crippen molar-refractivity contribution in [3.05, 3.63) is 82.9 Å². The third-order valence-corrected chi connectivity index (χ3v) is 10.3. The molecule has 4 aromatic rings. The van der Waals surface area contributed by atoms with Crippen molar-refractivity contribution in [1.29, 1.82) is 0 Å². The molecule has 4 aromatic carbocycles. The van der Waals surface area contributed by atoms with Gasteiger partial charge >= 0.3 is 0 Å². The molecule has 2 aliphatic rings. The first-order valence-electron chi connectivity index (χ1n) is 15.1. The van der Waals surface area contributed by atoms with Crippen molar-refractivity contribution in [2.45, 2.75) is 57.1 Å². The molecule has 0 fully saturated rings. The van der Waals surface area contributed by atoms with Gasteiger partial charge in [-0.2, -0.15) is 0 Å². The predicted molar refractivity (Wildman–Crippen MR) is 178 cm³/mol. The first kappa shape index (κ1) is 30.6. The van der Waals surface area contributed by atoms with Crippen molar-refractivity contribution in [2.24, 2.45) is 4.99 Å². The van der Waals surface area contributed by atoms with Crippen LogP contribution in [0.3, 0.4) is 0 Å². The van der Waals surface area contributed by atoms with E-state index in [2.05, 4.69) is 31.7 Å². The zero-order valence-corrected chi connectivity index (χ0v) is 27.5. The van der Waals surface area contributed by atoms with Gasteiger partial charge in [-0.05, 0) is 92.6 Å². The van der Waals surface area contributed by atoms with Crippen molar-refractivity contribution in [2.75, 3.05) is 31.4 Å². The summed E-state index contributed by atoms with van der Waals surface area (Å²) in [4.78, 5) is 20.5. The van der Waals surface area contributed by atoms with Crippen LogP contribution in [-0.4, -0.2) is 52.7 Å². The molecule has 6 rings (SSSR count). The number of carbonyl (C=O) groups excluding carboxylic acids is 1. The Morgan fingerprint density at radius 1 is 1.02 bits per heavy atom. The van der Waals surface area contributed by atoms with Crippen molar-refractivity contribution < 1.29 is 27.4 Å². The van der Waals surface area contributed by atoms with E-state index in [1.807, 2.05) is 42.6 Å². The van der Waals surface area contributed by atoms with E-state index in [9.17, 15) is 13.2 Å². The number of hydrogen-bond donors (Lipinski definition) is 0. The number of Topliss-reactive ketones (excluding diaryl/α,β-unsaturated/α-hetero) is 1. The summed E-state index contributed by atoms with van der Waals surface area (Å²) in [7, 11) is -1.84. The summed E-state index contributed by atoms with van der Waals surface area (Å²) < 4.78 is 44.1. The van der Waals surface area contributed by atoms with Crippen LogP contribution in [0, 0.1) is 6.92 Å². The van der Waals surface area contributed by atoms with E-state index < -0.39 is 21.0 Å². The van der Waals surface area contributed by atoms with Gasteiger partial charge in [0.1, 0.15) is 29.5 Å². The van der Waals surface area contributed by atoms with E-state index in [4.69, 9.17) is 19.2 Å². The third kappa shape index (κ3) is 4.84. The maximum atomic E-state index is 13.0. The molecule has 0 bridgehead atoms. The molecule has 0 saturated carbocycles. The number of rotatable bonds is 8. The van der Waals surface area contributed by atoms with Crippen LogP contribution in [0.5, 0.6) is 17.2 Å². The van der Waals surface area contributed by atoms with E-state index in [0.29, 0.717) is 46.5 Å². The molecule has 2 aliphatic heterocycles. The minimum absolute atomic E-state index is 0.188. The highest BCUT2D eigenvalue weighted by atomic mass is 32.2. The average molecular weight is 627 g/mol. The number of benzene rings is 4. The smallest absolute Gasteiger partial charge is 0.229 e. The molecule has 1 atom stereocenters. The van der Waals surface area contributed by atoms with Crippen LogP contribution in [0.15, 0.2) is 70.6 Å². The number of sulfone groups is 1. The van der Waals surface area contributed by atoms with Crippen LogP contribution >= 0.6 is 0 Å². The first-order chi connectivity index (χ1) is 21.3. The molecule has 0 saturated heterocycles. The number of anilines is 1. The molecule has 0 amide bonds. The second-order valence-electron chi connectivity index (χ2n) is 12.3. The second-order valence-corrected chi connectivity index (χ2v) is 14.3. The van der Waals surface area contributed by atoms with Crippen LogP contribution in [0.2, 0.25) is 0 Å². The number of methoxy groups -OCH3 is 1. The maximum absolute atomic E-state index is 13.0. The van der Waals surface area contributed by atoms with Gasteiger partial charge in [0, 0.05) is 29.0 Å². The van der Waals surface area contributed by atoms with Gasteiger partial charge < -0.3 is 19.1 Å². The lowest BCUT2D eigenvalue weighted by atomic mass is 9.75. The van der Waals surface area contributed by atoms with Crippen LogP contribution in [-0.2, 0) is 21.7 Å². The molecule has 2 heterocycles. The largest absolute Gasteiger partial charge is 0.497 e. The van der Waals surface area contributed by atoms with Crippen LogP contribution in [0.1, 0.15) is 54.7 Å². The predicted octanol–water partition coefficient (Wildman–Crippen LogP) is 6.99. The number of fused-ring (bicyclic) bond motifs is 4. The average Bonchev–Trinajstić information content (AvgIpc) is 3.17. The van der Waals surface area contributed by atoms with E-state index >= 15 is 0 Å². The second kappa shape index (κ2) is 10.9. The molecule has 234 valence electrons. The number of aliphatic imine (C=N–C) groups is 1. The highest BCUT2D eigenvalue weighted by molar-refractivity contribution is 7.90. The summed E-state index contributed by atoms with van der Waals surface area (Å²) in [6, 6.07) is 18.9. The number of carbonyl (C=O) groups is 1. The Balaban J connectivity index is 1.54. The van der Waals surface area contributed by atoms with Crippen molar-refractivity contribution >= 4 is 44.0 Å². The minimum atomic E-state index is -3.51. The van der Waals surface area contributed by atoms with Gasteiger partial charge in [-0.25, -0.2) is 8.42 Å². The molecule has 0 aliphatic carbocycles. The zero-order chi connectivity index (χ0) is 32.3. The summed E-state index contributed by atoms with van der Waals surface area (Å²) >= 11 is 0. The molecule has 0 radical (unpaired) electrons. The number of aryl methyl sites for hydroxylation is 2. The number of nitrogens with zero attached hydrogens (tertiary/aromatic N) is 2. The van der Waals surface area contributed by atoms with Gasteiger partial charge in [0.2, 0.25) is 5.72 Å². The summed E-state index contributed by atoms with van der Waals surface area (Å²) in [5, 5.41) is 1.20. The van der Waals surface area contributed by atoms with Gasteiger partial charge in [-0.15, -0.1) is 0 Å². The highest BCUT2D eigenvalue weighted by Gasteiger charge is 2.60. The summed E-state index contributed by atoms with van der Waals surface area (Å²) in [5.74, 6) is 1.79. The Hall–Kier alpha value is -4.37. The maximum Gasteiger partial charge on any atom is 0.229 e. The summed E-state index contributed by atoms with van der Waals surface area (Å²) in [5.41, 5.74) is 3.13. The normalized spacial score (nSPS) is 18.1. The Kier molecular flexibility index (Phi) is 7.43. The molecule has 45 heavy (non-hydrogen) atoms. The number of para-hydroxylation sites is 1. The number of ketones is 1. The Labute approximate surface area is 264 Å². The topological polar surface area (TPSA) is 94.5 Å². The molecular weight excluding hydrogens is 588 g/mol. The summed E-state index contributed by atoms with van der Waals surface area (Å²) in [6.07, 6.45) is 3.83. The van der Waals surface area contributed by atoms with Crippen molar-refractivity contribution in [3.63, 3.8) is 0 Å². The third-order valence-electron chi connectivity index (χ3n) is 9.11. The standard InChI is InChI=1S/C36H38N2O6S/c1-8-24-17-26(42-6)18-30-33(24)35(4,5)36(38(30)14-15-43-25-12-10-9-11-13-25)21-37-34-29-16-22(2)32(45(7,40)41)20-28(29)27(23(3)39)19-31(34)44-36/h9-13,16-21H,8,14-15H2,1-7H3.